The molecule has 0 aliphatic carbocycles. The molecule has 0 saturated heterocycles. The number of nitrogens with one attached hydrogen (secondary N) is 2. The van der Waals surface area contributed by atoms with Crippen LogP contribution in [0.1, 0.15) is 11.1 Å². The molecule has 0 unspecified atom stereocenters. The Kier molecular flexibility index (Phi) is 5.08. The van der Waals surface area contributed by atoms with Crippen LogP contribution in [0.4, 0.5) is 29.3 Å². The van der Waals surface area contributed by atoms with Crippen molar-refractivity contribution in [3.05, 3.63) is 59.7 Å². The highest BCUT2D eigenvalue weighted by Crippen LogP contribution is 2.29. The summed E-state index contributed by atoms with van der Waals surface area (Å²) in [6.45, 7) is 0. The van der Waals surface area contributed by atoms with Crippen molar-refractivity contribution in [3.8, 4) is 0 Å². The third-order valence-electron chi connectivity index (χ3n) is 3.04. The molecule has 126 valence electrons. The first-order valence-electron chi connectivity index (χ1n) is 6.80. The predicted octanol–water partition coefficient (Wildman–Crippen LogP) is 3.98. The van der Waals surface area contributed by atoms with Gasteiger partial charge in [0.15, 0.2) is 0 Å². The number of carbonyl (C=O) groups is 2. The number of urea groups is 1. The first kappa shape index (κ1) is 17.3. The zero-order chi connectivity index (χ0) is 17.7. The Hall–Kier alpha value is -3.03. The van der Waals surface area contributed by atoms with Crippen molar-refractivity contribution in [1.82, 2.24) is 0 Å². The van der Waals surface area contributed by atoms with Gasteiger partial charge in [-0.25, -0.2) is 4.79 Å². The van der Waals surface area contributed by atoms with Gasteiger partial charge in [-0.05, 0) is 42.0 Å². The number of hydrogen-bond acceptors (Lipinski definition) is 2. The summed E-state index contributed by atoms with van der Waals surface area (Å²) in [5.74, 6) is -0.962. The van der Waals surface area contributed by atoms with Crippen molar-refractivity contribution in [1.29, 1.82) is 0 Å². The molecule has 2 aromatic carbocycles. The number of alkyl halides is 3. The molecule has 5 nitrogen and oxygen atoms in total. The van der Waals surface area contributed by atoms with Crippen LogP contribution in [0.2, 0.25) is 0 Å². The standard InChI is InChI=1S/C16H13F3N2O3/c17-16(18,19)11-3-7-13(8-4-11)21-15(24)20-12-5-1-10(2-6-12)9-14(22)23/h1-8H,9H2,(H,22,23)(H2,20,21,24). The molecule has 8 heteroatoms. The average molecular weight is 338 g/mol. The van der Waals surface area contributed by atoms with Crippen LogP contribution in [0.5, 0.6) is 0 Å². The van der Waals surface area contributed by atoms with Gasteiger partial charge < -0.3 is 15.7 Å². The van der Waals surface area contributed by atoms with E-state index in [0.717, 1.165) is 24.3 Å². The number of benzene rings is 2. The van der Waals surface area contributed by atoms with E-state index in [1.807, 2.05) is 0 Å². The van der Waals surface area contributed by atoms with E-state index in [9.17, 15) is 22.8 Å². The van der Waals surface area contributed by atoms with Crippen molar-refractivity contribution < 1.29 is 27.9 Å². The molecule has 3 N–H and O–H groups in total. The van der Waals surface area contributed by atoms with Crippen LogP contribution in [0.15, 0.2) is 48.5 Å². The first-order valence-corrected chi connectivity index (χ1v) is 6.80. The lowest BCUT2D eigenvalue weighted by atomic mass is 10.1. The fourth-order valence-corrected chi connectivity index (χ4v) is 1.92. The van der Waals surface area contributed by atoms with E-state index in [1.165, 1.54) is 12.1 Å². The topological polar surface area (TPSA) is 78.4 Å². The third kappa shape index (κ3) is 5.01. The molecule has 0 spiro atoms. The van der Waals surface area contributed by atoms with E-state index in [4.69, 9.17) is 5.11 Å². The van der Waals surface area contributed by atoms with E-state index in [-0.39, 0.29) is 12.1 Å². The van der Waals surface area contributed by atoms with Crippen LogP contribution < -0.4 is 10.6 Å². The fourth-order valence-electron chi connectivity index (χ4n) is 1.92. The Labute approximate surface area is 135 Å². The zero-order valence-electron chi connectivity index (χ0n) is 12.2. The molecule has 2 aromatic rings. The average Bonchev–Trinajstić information content (AvgIpc) is 2.48. The summed E-state index contributed by atoms with van der Waals surface area (Å²) in [6.07, 6.45) is -4.56. The lowest BCUT2D eigenvalue weighted by Gasteiger charge is -2.10. The molecule has 0 radical (unpaired) electrons. The van der Waals surface area contributed by atoms with Crippen molar-refractivity contribution in [2.24, 2.45) is 0 Å². The number of anilines is 2. The minimum Gasteiger partial charge on any atom is -0.481 e. The van der Waals surface area contributed by atoms with Crippen LogP contribution in [-0.2, 0) is 17.4 Å². The van der Waals surface area contributed by atoms with Crippen molar-refractivity contribution >= 4 is 23.4 Å². The fraction of sp³-hybridized carbons (Fsp3) is 0.125. The monoisotopic (exact) mass is 338 g/mol. The number of halogens is 3. The maximum atomic E-state index is 12.4. The van der Waals surface area contributed by atoms with Gasteiger partial charge in [-0.1, -0.05) is 12.1 Å². The van der Waals surface area contributed by atoms with Gasteiger partial charge in [0.2, 0.25) is 0 Å². The Balaban J connectivity index is 1.94. The van der Waals surface area contributed by atoms with Gasteiger partial charge >= 0.3 is 18.2 Å². The SMILES string of the molecule is O=C(O)Cc1ccc(NC(=O)Nc2ccc(C(F)(F)F)cc2)cc1. The molecule has 2 amide bonds. The molecule has 0 aliphatic rings. The maximum Gasteiger partial charge on any atom is 0.416 e. The van der Waals surface area contributed by atoms with Gasteiger partial charge in [0.1, 0.15) is 0 Å². The minimum atomic E-state index is -4.43. The molecule has 0 saturated carbocycles. The smallest absolute Gasteiger partial charge is 0.416 e. The largest absolute Gasteiger partial charge is 0.481 e. The van der Waals surface area contributed by atoms with E-state index in [1.54, 1.807) is 12.1 Å². The van der Waals surface area contributed by atoms with E-state index >= 15 is 0 Å². The zero-order valence-corrected chi connectivity index (χ0v) is 12.2. The molecule has 0 bridgehead atoms. The van der Waals surface area contributed by atoms with Gasteiger partial charge in [-0.3, -0.25) is 4.79 Å². The van der Waals surface area contributed by atoms with Gasteiger partial charge in [0.25, 0.3) is 0 Å². The third-order valence-corrected chi connectivity index (χ3v) is 3.04. The lowest BCUT2D eigenvalue weighted by Crippen LogP contribution is -2.19. The van der Waals surface area contributed by atoms with Gasteiger partial charge in [0.05, 0.1) is 12.0 Å². The Morgan fingerprint density at radius 1 is 0.875 bits per heavy atom. The Bertz CT molecular complexity index is 726. The highest BCUT2D eigenvalue weighted by molar-refractivity contribution is 5.99. The van der Waals surface area contributed by atoms with Crippen LogP contribution >= 0.6 is 0 Å². The molecule has 0 atom stereocenters. The molecular weight excluding hydrogens is 325 g/mol. The maximum absolute atomic E-state index is 12.4. The van der Waals surface area contributed by atoms with Crippen LogP contribution in [0.3, 0.4) is 0 Å². The number of carboxylic acid groups (broad SMARTS) is 1. The van der Waals surface area contributed by atoms with Gasteiger partial charge in [-0.15, -0.1) is 0 Å². The summed E-state index contributed by atoms with van der Waals surface area (Å²) in [4.78, 5) is 22.4. The number of amides is 2. The highest BCUT2D eigenvalue weighted by Gasteiger charge is 2.29. The summed E-state index contributed by atoms with van der Waals surface area (Å²) < 4.78 is 37.3. The van der Waals surface area contributed by atoms with Gasteiger partial charge in [-0.2, -0.15) is 13.2 Å². The number of hydrogen-bond donors (Lipinski definition) is 3. The number of rotatable bonds is 4. The van der Waals surface area contributed by atoms with E-state index in [0.29, 0.717) is 11.3 Å². The van der Waals surface area contributed by atoms with Crippen LogP contribution in [-0.4, -0.2) is 17.1 Å². The van der Waals surface area contributed by atoms with Crippen molar-refractivity contribution in [2.45, 2.75) is 12.6 Å². The molecular formula is C16H13F3N2O3. The van der Waals surface area contributed by atoms with Crippen molar-refractivity contribution in [2.75, 3.05) is 10.6 Å². The first-order chi connectivity index (χ1) is 11.2. The Morgan fingerprint density at radius 2 is 1.33 bits per heavy atom. The van der Waals surface area contributed by atoms with E-state index in [2.05, 4.69) is 10.6 Å². The second-order valence-electron chi connectivity index (χ2n) is 4.92. The summed E-state index contributed by atoms with van der Waals surface area (Å²) in [6, 6.07) is 9.60. The Morgan fingerprint density at radius 3 is 1.75 bits per heavy atom. The molecule has 2 rings (SSSR count). The van der Waals surface area contributed by atoms with E-state index < -0.39 is 23.7 Å². The summed E-state index contributed by atoms with van der Waals surface area (Å²) in [5, 5.41) is 13.6. The number of aliphatic carboxylic acids is 1. The van der Waals surface area contributed by atoms with Crippen LogP contribution in [0, 0.1) is 0 Å². The normalized spacial score (nSPS) is 11.0. The minimum absolute atomic E-state index is 0.127. The second kappa shape index (κ2) is 7.03. The molecule has 0 heterocycles. The predicted molar refractivity (Wildman–Crippen MR) is 81.9 cm³/mol. The molecule has 0 fully saturated rings. The van der Waals surface area contributed by atoms with Gasteiger partial charge in [0, 0.05) is 11.4 Å². The summed E-state index contributed by atoms with van der Waals surface area (Å²) >= 11 is 0. The number of carboxylic acids is 1. The molecule has 0 aromatic heterocycles. The number of carbonyl (C=O) groups excluding carboxylic acids is 1. The lowest BCUT2D eigenvalue weighted by molar-refractivity contribution is -0.138. The highest BCUT2D eigenvalue weighted by atomic mass is 19.4. The van der Waals surface area contributed by atoms with Crippen molar-refractivity contribution in [3.63, 3.8) is 0 Å². The summed E-state index contributed by atoms with van der Waals surface area (Å²) in [5.41, 5.74) is 0.412. The molecule has 24 heavy (non-hydrogen) atoms. The molecule has 0 aliphatic heterocycles. The quantitative estimate of drug-likeness (QED) is 0.789. The second-order valence-corrected chi connectivity index (χ2v) is 4.92. The van der Waals surface area contributed by atoms with Crippen LogP contribution in [0.25, 0.3) is 0 Å². The summed E-state index contributed by atoms with van der Waals surface area (Å²) in [7, 11) is 0.